The van der Waals surface area contributed by atoms with E-state index in [1.165, 1.54) is 0 Å². The van der Waals surface area contributed by atoms with Crippen molar-refractivity contribution in [2.75, 3.05) is 24.6 Å². The zero-order valence-corrected chi connectivity index (χ0v) is 10.1. The number of benzene rings is 1. The molecule has 0 spiro atoms. The van der Waals surface area contributed by atoms with Crippen molar-refractivity contribution < 1.29 is 5.11 Å². The average molecular weight is 244 g/mol. The summed E-state index contributed by atoms with van der Waals surface area (Å²) in [6, 6.07) is 9.35. The number of aromatic nitrogens is 1. The third-order valence-corrected chi connectivity index (χ3v) is 2.80. The molecule has 0 fully saturated rings. The standard InChI is InChI=1S/C14H16N2O2/c1-2-7-16(8-9-17)13-10-11-5-3-4-6-12(11)14(18)15-13/h2-6,10,17H,1,7-9H2,(H,15,18). The molecule has 0 radical (unpaired) electrons. The molecule has 2 aromatic rings. The molecule has 0 aliphatic rings. The minimum absolute atomic E-state index is 0.0305. The number of nitrogens with one attached hydrogen (secondary N) is 1. The lowest BCUT2D eigenvalue weighted by molar-refractivity contribution is 0.302. The van der Waals surface area contributed by atoms with Crippen LogP contribution in [0.4, 0.5) is 5.82 Å². The Morgan fingerprint density at radius 3 is 2.89 bits per heavy atom. The minimum atomic E-state index is -0.116. The number of hydrogen-bond acceptors (Lipinski definition) is 3. The van der Waals surface area contributed by atoms with E-state index < -0.39 is 0 Å². The van der Waals surface area contributed by atoms with Gasteiger partial charge in [0, 0.05) is 18.5 Å². The number of aliphatic hydroxyl groups is 1. The summed E-state index contributed by atoms with van der Waals surface area (Å²) >= 11 is 0. The van der Waals surface area contributed by atoms with Gasteiger partial charge in [-0.2, -0.15) is 0 Å². The molecular weight excluding hydrogens is 228 g/mol. The fourth-order valence-corrected chi connectivity index (χ4v) is 1.95. The van der Waals surface area contributed by atoms with E-state index in [0.29, 0.717) is 24.3 Å². The second-order valence-corrected chi connectivity index (χ2v) is 4.03. The summed E-state index contributed by atoms with van der Waals surface area (Å²) in [4.78, 5) is 16.6. The molecule has 0 atom stereocenters. The molecule has 0 bridgehead atoms. The average Bonchev–Trinajstić information content (AvgIpc) is 2.38. The molecule has 0 aliphatic heterocycles. The van der Waals surface area contributed by atoms with Gasteiger partial charge in [0.15, 0.2) is 0 Å². The van der Waals surface area contributed by atoms with E-state index in [1.807, 2.05) is 29.2 Å². The molecule has 18 heavy (non-hydrogen) atoms. The van der Waals surface area contributed by atoms with Crippen LogP contribution in [0.25, 0.3) is 10.8 Å². The van der Waals surface area contributed by atoms with Crippen LogP contribution in [0, 0.1) is 0 Å². The maximum atomic E-state index is 11.9. The highest BCUT2D eigenvalue weighted by molar-refractivity contribution is 5.83. The fraction of sp³-hybridized carbons (Fsp3) is 0.214. The molecule has 1 aromatic heterocycles. The molecule has 2 N–H and O–H groups in total. The molecular formula is C14H16N2O2. The molecule has 1 aromatic carbocycles. The van der Waals surface area contributed by atoms with Crippen LogP contribution in [-0.2, 0) is 0 Å². The summed E-state index contributed by atoms with van der Waals surface area (Å²) < 4.78 is 0. The Balaban J connectivity index is 2.50. The molecule has 0 amide bonds. The van der Waals surface area contributed by atoms with Gasteiger partial charge in [0.2, 0.25) is 0 Å². The lowest BCUT2D eigenvalue weighted by Gasteiger charge is -2.21. The Kier molecular flexibility index (Phi) is 3.79. The van der Waals surface area contributed by atoms with Crippen molar-refractivity contribution in [2.45, 2.75) is 0 Å². The van der Waals surface area contributed by atoms with E-state index in [2.05, 4.69) is 11.6 Å². The van der Waals surface area contributed by atoms with Crippen molar-refractivity contribution in [3.63, 3.8) is 0 Å². The largest absolute Gasteiger partial charge is 0.395 e. The van der Waals surface area contributed by atoms with E-state index in [1.54, 1.807) is 12.1 Å². The highest BCUT2D eigenvalue weighted by Gasteiger charge is 2.07. The summed E-state index contributed by atoms with van der Waals surface area (Å²) in [5.74, 6) is 0.702. The van der Waals surface area contributed by atoms with Gasteiger partial charge in [-0.05, 0) is 17.5 Å². The quantitative estimate of drug-likeness (QED) is 0.784. The molecule has 94 valence electrons. The first kappa shape index (κ1) is 12.4. The lowest BCUT2D eigenvalue weighted by atomic mass is 10.1. The molecule has 2 rings (SSSR count). The Labute approximate surface area is 105 Å². The molecule has 0 saturated heterocycles. The predicted octanol–water partition coefficient (Wildman–Crippen LogP) is 1.51. The van der Waals surface area contributed by atoms with Crippen LogP contribution in [0.1, 0.15) is 0 Å². The van der Waals surface area contributed by atoms with E-state index in [9.17, 15) is 4.79 Å². The number of pyridine rings is 1. The number of aliphatic hydroxyl groups excluding tert-OH is 1. The Morgan fingerprint density at radius 2 is 2.17 bits per heavy atom. The third-order valence-electron chi connectivity index (χ3n) is 2.80. The van der Waals surface area contributed by atoms with Gasteiger partial charge in [0.05, 0.1) is 6.61 Å². The van der Waals surface area contributed by atoms with Crippen molar-refractivity contribution in [1.82, 2.24) is 4.98 Å². The summed E-state index contributed by atoms with van der Waals surface area (Å²) in [6.45, 7) is 4.74. The number of fused-ring (bicyclic) bond motifs is 1. The maximum absolute atomic E-state index is 11.9. The van der Waals surface area contributed by atoms with Gasteiger partial charge in [-0.1, -0.05) is 24.3 Å². The van der Waals surface area contributed by atoms with Gasteiger partial charge in [-0.3, -0.25) is 4.79 Å². The van der Waals surface area contributed by atoms with Crippen LogP contribution < -0.4 is 10.5 Å². The van der Waals surface area contributed by atoms with Crippen molar-refractivity contribution in [3.8, 4) is 0 Å². The summed E-state index contributed by atoms with van der Waals surface area (Å²) in [6.07, 6.45) is 1.74. The van der Waals surface area contributed by atoms with Crippen molar-refractivity contribution in [2.24, 2.45) is 0 Å². The highest BCUT2D eigenvalue weighted by atomic mass is 16.3. The summed E-state index contributed by atoms with van der Waals surface area (Å²) in [5, 5.41) is 10.6. The van der Waals surface area contributed by atoms with Gasteiger partial charge in [-0.25, -0.2) is 0 Å². The topological polar surface area (TPSA) is 56.3 Å². The Morgan fingerprint density at radius 1 is 1.39 bits per heavy atom. The van der Waals surface area contributed by atoms with E-state index in [0.717, 1.165) is 5.39 Å². The first-order valence-electron chi connectivity index (χ1n) is 5.85. The van der Waals surface area contributed by atoms with Crippen LogP contribution in [0.15, 0.2) is 47.8 Å². The summed E-state index contributed by atoms with van der Waals surface area (Å²) in [7, 11) is 0. The predicted molar refractivity (Wildman–Crippen MR) is 74.1 cm³/mol. The van der Waals surface area contributed by atoms with E-state index >= 15 is 0 Å². The van der Waals surface area contributed by atoms with Crippen LogP contribution in [-0.4, -0.2) is 29.8 Å². The first-order chi connectivity index (χ1) is 8.76. The van der Waals surface area contributed by atoms with Gasteiger partial charge >= 0.3 is 0 Å². The van der Waals surface area contributed by atoms with E-state index in [-0.39, 0.29) is 12.2 Å². The van der Waals surface area contributed by atoms with Crippen molar-refractivity contribution in [1.29, 1.82) is 0 Å². The number of hydrogen-bond donors (Lipinski definition) is 2. The minimum Gasteiger partial charge on any atom is -0.395 e. The van der Waals surface area contributed by atoms with Crippen LogP contribution in [0.5, 0.6) is 0 Å². The zero-order valence-electron chi connectivity index (χ0n) is 10.1. The molecule has 1 heterocycles. The van der Waals surface area contributed by atoms with Gasteiger partial charge in [0.1, 0.15) is 5.82 Å². The number of H-pyrrole nitrogens is 1. The number of aromatic amines is 1. The number of nitrogens with zero attached hydrogens (tertiary/aromatic N) is 1. The van der Waals surface area contributed by atoms with Crippen molar-refractivity contribution >= 4 is 16.6 Å². The van der Waals surface area contributed by atoms with Crippen molar-refractivity contribution in [3.05, 3.63) is 53.3 Å². The maximum Gasteiger partial charge on any atom is 0.257 e. The summed E-state index contributed by atoms with van der Waals surface area (Å²) in [5.41, 5.74) is -0.116. The molecule has 0 aliphatic carbocycles. The van der Waals surface area contributed by atoms with Crippen LogP contribution >= 0.6 is 0 Å². The first-order valence-corrected chi connectivity index (χ1v) is 5.85. The molecule has 4 heteroatoms. The second kappa shape index (κ2) is 5.51. The number of rotatable bonds is 5. The molecule has 4 nitrogen and oxygen atoms in total. The Hall–Kier alpha value is -2.07. The monoisotopic (exact) mass is 244 g/mol. The molecule has 0 saturated carbocycles. The third kappa shape index (κ3) is 2.43. The van der Waals surface area contributed by atoms with Gasteiger partial charge < -0.3 is 15.0 Å². The SMILES string of the molecule is C=CCN(CCO)c1cc2ccccc2c(=O)[nH]1. The Bertz CT molecular complexity index is 604. The second-order valence-electron chi connectivity index (χ2n) is 4.03. The van der Waals surface area contributed by atoms with Gasteiger partial charge in [0.25, 0.3) is 5.56 Å². The molecule has 0 unspecified atom stereocenters. The fourth-order valence-electron chi connectivity index (χ4n) is 1.95. The zero-order chi connectivity index (χ0) is 13.0. The van der Waals surface area contributed by atoms with Gasteiger partial charge in [-0.15, -0.1) is 6.58 Å². The number of anilines is 1. The lowest BCUT2D eigenvalue weighted by Crippen LogP contribution is -2.29. The van der Waals surface area contributed by atoms with E-state index in [4.69, 9.17) is 5.11 Å². The normalized spacial score (nSPS) is 10.5. The van der Waals surface area contributed by atoms with Crippen LogP contribution in [0.3, 0.4) is 0 Å². The smallest absolute Gasteiger partial charge is 0.257 e. The highest BCUT2D eigenvalue weighted by Crippen LogP contribution is 2.16. The van der Waals surface area contributed by atoms with Crippen LogP contribution in [0.2, 0.25) is 0 Å².